The number of rotatable bonds is 4. The lowest BCUT2D eigenvalue weighted by atomic mass is 10.3. The van der Waals surface area contributed by atoms with E-state index in [9.17, 15) is 9.59 Å². The molecule has 0 saturated carbocycles. The fraction of sp³-hybridized carbons (Fsp3) is 0.0625. The Hall–Kier alpha value is -3.75. The van der Waals surface area contributed by atoms with Crippen molar-refractivity contribution in [2.45, 2.75) is 6.54 Å². The standard InChI is InChI=1S/C16H11N5O4/c22-15-9(3-1-6-18-15)14-20-13(25-21-14)8-19-16(23)12-7-10-11(24-12)4-2-5-17-10/h1-7H,8H2,(H,18,22)(H,19,23). The number of nitrogens with zero attached hydrogens (tertiary/aromatic N) is 3. The van der Waals surface area contributed by atoms with Gasteiger partial charge in [0.25, 0.3) is 11.5 Å². The fourth-order valence-corrected chi connectivity index (χ4v) is 2.26. The van der Waals surface area contributed by atoms with Crippen molar-refractivity contribution in [2.24, 2.45) is 0 Å². The maximum absolute atomic E-state index is 12.1. The van der Waals surface area contributed by atoms with Crippen molar-refractivity contribution >= 4 is 17.0 Å². The molecule has 0 fully saturated rings. The molecule has 0 aliphatic rings. The topological polar surface area (TPSA) is 127 Å². The van der Waals surface area contributed by atoms with Crippen LogP contribution in [0.2, 0.25) is 0 Å². The number of furan rings is 1. The SMILES string of the molecule is O=C(NCc1nc(-c2ccc[nH]c2=O)no1)c1cc2ncccc2o1. The van der Waals surface area contributed by atoms with Crippen LogP contribution in [0.15, 0.2) is 56.5 Å². The number of carbonyl (C=O) groups excluding carboxylic acids is 1. The van der Waals surface area contributed by atoms with Gasteiger partial charge in [-0.15, -0.1) is 0 Å². The maximum Gasteiger partial charge on any atom is 0.287 e. The van der Waals surface area contributed by atoms with Gasteiger partial charge in [0.05, 0.1) is 12.1 Å². The monoisotopic (exact) mass is 337 g/mol. The highest BCUT2D eigenvalue weighted by molar-refractivity contribution is 5.95. The van der Waals surface area contributed by atoms with Crippen LogP contribution >= 0.6 is 0 Å². The van der Waals surface area contributed by atoms with Crippen LogP contribution in [0.25, 0.3) is 22.5 Å². The fourth-order valence-electron chi connectivity index (χ4n) is 2.26. The number of aromatic amines is 1. The van der Waals surface area contributed by atoms with Crippen molar-refractivity contribution in [1.82, 2.24) is 25.4 Å². The van der Waals surface area contributed by atoms with Crippen molar-refractivity contribution in [3.63, 3.8) is 0 Å². The molecule has 0 spiro atoms. The lowest BCUT2D eigenvalue weighted by Gasteiger charge is -1.97. The summed E-state index contributed by atoms with van der Waals surface area (Å²) in [5.74, 6) is 0.0168. The second kappa shape index (κ2) is 6.04. The second-order valence-electron chi connectivity index (χ2n) is 5.10. The number of pyridine rings is 2. The van der Waals surface area contributed by atoms with E-state index in [2.05, 4.69) is 25.4 Å². The van der Waals surface area contributed by atoms with E-state index >= 15 is 0 Å². The van der Waals surface area contributed by atoms with Crippen LogP contribution in [0.5, 0.6) is 0 Å². The van der Waals surface area contributed by atoms with Gasteiger partial charge in [-0.25, -0.2) is 0 Å². The molecule has 9 nitrogen and oxygen atoms in total. The first-order valence-electron chi connectivity index (χ1n) is 7.34. The summed E-state index contributed by atoms with van der Waals surface area (Å²) in [4.78, 5) is 34.6. The molecule has 0 radical (unpaired) electrons. The highest BCUT2D eigenvalue weighted by Gasteiger charge is 2.15. The van der Waals surface area contributed by atoms with Gasteiger partial charge in [0.1, 0.15) is 5.52 Å². The zero-order valence-corrected chi connectivity index (χ0v) is 12.7. The van der Waals surface area contributed by atoms with Gasteiger partial charge in [-0.3, -0.25) is 14.6 Å². The van der Waals surface area contributed by atoms with Crippen molar-refractivity contribution in [1.29, 1.82) is 0 Å². The molecule has 4 aromatic heterocycles. The summed E-state index contributed by atoms with van der Waals surface area (Å²) in [5, 5.41) is 6.35. The van der Waals surface area contributed by atoms with Gasteiger partial charge in [-0.2, -0.15) is 4.98 Å². The Balaban J connectivity index is 1.47. The molecule has 4 heterocycles. The van der Waals surface area contributed by atoms with E-state index in [1.54, 1.807) is 36.5 Å². The van der Waals surface area contributed by atoms with Crippen molar-refractivity contribution < 1.29 is 13.7 Å². The summed E-state index contributed by atoms with van der Waals surface area (Å²) in [7, 11) is 0. The summed E-state index contributed by atoms with van der Waals surface area (Å²) >= 11 is 0. The Morgan fingerprint density at radius 2 is 2.20 bits per heavy atom. The molecule has 0 bridgehead atoms. The quantitative estimate of drug-likeness (QED) is 0.577. The van der Waals surface area contributed by atoms with Gasteiger partial charge in [0.2, 0.25) is 11.7 Å². The zero-order valence-electron chi connectivity index (χ0n) is 12.7. The largest absolute Gasteiger partial charge is 0.449 e. The summed E-state index contributed by atoms with van der Waals surface area (Å²) in [5.41, 5.74) is 1.08. The average Bonchev–Trinajstić information content (AvgIpc) is 3.27. The third-order valence-electron chi connectivity index (χ3n) is 3.44. The smallest absolute Gasteiger partial charge is 0.287 e. The molecule has 0 aliphatic heterocycles. The van der Waals surface area contributed by atoms with Gasteiger partial charge in [-0.1, -0.05) is 5.16 Å². The van der Waals surface area contributed by atoms with Gasteiger partial charge >= 0.3 is 0 Å². The zero-order chi connectivity index (χ0) is 17.2. The van der Waals surface area contributed by atoms with E-state index in [0.717, 1.165) is 0 Å². The van der Waals surface area contributed by atoms with Crippen molar-refractivity contribution in [2.75, 3.05) is 0 Å². The maximum atomic E-state index is 12.1. The summed E-state index contributed by atoms with van der Waals surface area (Å²) in [6, 6.07) is 8.23. The number of fused-ring (bicyclic) bond motifs is 1. The third-order valence-corrected chi connectivity index (χ3v) is 3.44. The number of carbonyl (C=O) groups is 1. The minimum Gasteiger partial charge on any atom is -0.449 e. The van der Waals surface area contributed by atoms with Gasteiger partial charge in [-0.05, 0) is 24.3 Å². The number of amides is 1. The van der Waals surface area contributed by atoms with E-state index in [-0.39, 0.29) is 35.1 Å². The number of H-pyrrole nitrogens is 1. The lowest BCUT2D eigenvalue weighted by Crippen LogP contribution is -2.22. The predicted octanol–water partition coefficient (Wildman–Crippen LogP) is 1.50. The molecule has 25 heavy (non-hydrogen) atoms. The molecule has 4 aromatic rings. The molecule has 124 valence electrons. The first-order valence-corrected chi connectivity index (χ1v) is 7.34. The Labute approximate surface area is 139 Å². The molecule has 4 rings (SSSR count). The van der Waals surface area contributed by atoms with E-state index in [4.69, 9.17) is 8.94 Å². The van der Waals surface area contributed by atoms with Crippen LogP contribution < -0.4 is 10.9 Å². The van der Waals surface area contributed by atoms with E-state index in [0.29, 0.717) is 11.1 Å². The van der Waals surface area contributed by atoms with Crippen molar-refractivity contribution in [3.05, 3.63) is 64.7 Å². The van der Waals surface area contributed by atoms with Crippen LogP contribution in [-0.2, 0) is 6.54 Å². The number of hydrogen-bond acceptors (Lipinski definition) is 7. The Kier molecular flexibility index (Phi) is 3.58. The Bertz CT molecular complexity index is 1080. The van der Waals surface area contributed by atoms with Crippen LogP contribution in [0.1, 0.15) is 16.4 Å². The minimum absolute atomic E-state index is 0.00104. The predicted molar refractivity (Wildman–Crippen MR) is 85.5 cm³/mol. The van der Waals surface area contributed by atoms with Crippen LogP contribution in [0.4, 0.5) is 0 Å². The lowest BCUT2D eigenvalue weighted by molar-refractivity contribution is 0.0920. The number of nitrogens with one attached hydrogen (secondary N) is 2. The number of aromatic nitrogens is 4. The minimum atomic E-state index is -0.435. The highest BCUT2D eigenvalue weighted by Crippen LogP contribution is 2.16. The van der Waals surface area contributed by atoms with E-state index < -0.39 is 5.91 Å². The van der Waals surface area contributed by atoms with E-state index in [1.165, 1.54) is 6.20 Å². The third kappa shape index (κ3) is 2.90. The van der Waals surface area contributed by atoms with Crippen LogP contribution in [0.3, 0.4) is 0 Å². The average molecular weight is 337 g/mol. The highest BCUT2D eigenvalue weighted by atomic mass is 16.5. The Morgan fingerprint density at radius 1 is 1.28 bits per heavy atom. The molecule has 0 saturated heterocycles. The van der Waals surface area contributed by atoms with Crippen LogP contribution in [0, 0.1) is 0 Å². The molecule has 0 aliphatic carbocycles. The Morgan fingerprint density at radius 3 is 3.04 bits per heavy atom. The van der Waals surface area contributed by atoms with E-state index in [1.807, 2.05) is 0 Å². The number of hydrogen-bond donors (Lipinski definition) is 2. The van der Waals surface area contributed by atoms with Crippen LogP contribution in [-0.4, -0.2) is 26.0 Å². The molecule has 9 heteroatoms. The normalized spacial score (nSPS) is 10.9. The molecule has 2 N–H and O–H groups in total. The summed E-state index contributed by atoms with van der Waals surface area (Å²) in [6.45, 7) is 0.00104. The molecule has 0 atom stereocenters. The summed E-state index contributed by atoms with van der Waals surface area (Å²) < 4.78 is 10.5. The molecule has 0 aromatic carbocycles. The first-order chi connectivity index (χ1) is 12.2. The van der Waals surface area contributed by atoms with Gasteiger partial charge < -0.3 is 19.2 Å². The molecular formula is C16H11N5O4. The summed E-state index contributed by atoms with van der Waals surface area (Å²) in [6.07, 6.45) is 3.13. The first kappa shape index (κ1) is 14.8. The van der Waals surface area contributed by atoms with Crippen molar-refractivity contribution in [3.8, 4) is 11.4 Å². The van der Waals surface area contributed by atoms with Gasteiger partial charge in [0.15, 0.2) is 11.3 Å². The molecule has 0 unspecified atom stereocenters. The molecular weight excluding hydrogens is 326 g/mol. The molecule has 1 amide bonds. The second-order valence-corrected chi connectivity index (χ2v) is 5.10. The van der Waals surface area contributed by atoms with Gasteiger partial charge in [0, 0.05) is 18.5 Å².